The van der Waals surface area contributed by atoms with Crippen molar-refractivity contribution >= 4 is 55.1 Å². The Kier molecular flexibility index (Phi) is 14.7. The Labute approximate surface area is 390 Å². The molecule has 1 aliphatic carbocycles. The molecule has 0 unspecified atom stereocenters. The lowest BCUT2D eigenvalue weighted by Crippen LogP contribution is -2.43. The van der Waals surface area contributed by atoms with Gasteiger partial charge in [-0.1, -0.05) is 52.8 Å². The minimum atomic E-state index is -4.06. The largest absolute Gasteiger partial charge is 0.507 e. The molecule has 18 heteroatoms. The number of phenols is 1. The van der Waals surface area contributed by atoms with Gasteiger partial charge in [-0.3, -0.25) is 19.2 Å². The maximum Gasteiger partial charge on any atom is 0.312 e. The van der Waals surface area contributed by atoms with Crippen LogP contribution in [-0.2, 0) is 33.6 Å². The number of aromatic hydroxyl groups is 1. The highest BCUT2D eigenvalue weighted by molar-refractivity contribution is 7.91. The quantitative estimate of drug-likeness (QED) is 0.101. The van der Waals surface area contributed by atoms with E-state index >= 15 is 0 Å². The highest BCUT2D eigenvalue weighted by atomic mass is 32.2. The van der Waals surface area contributed by atoms with E-state index in [1.807, 2.05) is 53.6 Å². The van der Waals surface area contributed by atoms with Crippen molar-refractivity contribution < 1.29 is 61.1 Å². The number of hydrogen-bond acceptors (Lipinski definition) is 16. The number of fused-ring (bicyclic) bond motifs is 2. The standard InChI is InChI=1S/C49H61N3O14S/c1-23-15-14-16-24(2)48(58)51-40-43(56)36-35(39-46(40)65-33-21-31(62-20-18-52(10)11)22-34(38(33)50-39)67(13,59)60)37-45(29(7)42(36)55)66-49(9,47(37)57)63-19-17-32(61-12)28(6)44(64-30(8)53)27(5)25(3)26(4)41(23)54/h14-17,19,21-23,25-28,32,41,44,54-55H,18,20H2,1-13H3,(H,51,58)/b15-14+,19-17+,24-16-/t23-,25+,26-,27+,28+,32-,41-,44-,49-/m0/s1. The van der Waals surface area contributed by atoms with E-state index in [1.165, 1.54) is 59.3 Å². The number of rotatable bonds is 7. The third-order valence-corrected chi connectivity index (χ3v) is 14.3. The molecule has 1 amide bonds. The van der Waals surface area contributed by atoms with Crippen LogP contribution in [0.15, 0.2) is 62.4 Å². The topological polar surface area (TPSA) is 230 Å². The lowest BCUT2D eigenvalue weighted by atomic mass is 9.73. The molecule has 9 atom stereocenters. The lowest BCUT2D eigenvalue weighted by molar-refractivity contribution is -0.157. The fourth-order valence-electron chi connectivity index (χ4n) is 8.78. The molecular weight excluding hydrogens is 887 g/mol. The van der Waals surface area contributed by atoms with Crippen molar-refractivity contribution in [1.29, 1.82) is 0 Å². The first kappa shape index (κ1) is 50.6. The number of phenolic OH excluding ortho intramolecular Hbond substituents is 1. The molecule has 362 valence electrons. The summed E-state index contributed by atoms with van der Waals surface area (Å²) in [5.74, 6) is -6.78. The Bertz CT molecular complexity index is 2850. The number of esters is 1. The van der Waals surface area contributed by atoms with Crippen molar-refractivity contribution in [3.63, 3.8) is 0 Å². The average molecular weight is 948 g/mol. The van der Waals surface area contributed by atoms with Gasteiger partial charge in [0.2, 0.25) is 5.43 Å². The lowest BCUT2D eigenvalue weighted by Gasteiger charge is -2.39. The number of hydrogen-bond donors (Lipinski definition) is 3. The highest BCUT2D eigenvalue weighted by Crippen LogP contribution is 2.51. The number of anilines is 1. The Balaban J connectivity index is 1.65. The number of aromatic nitrogens is 1. The van der Waals surface area contributed by atoms with Gasteiger partial charge in [-0.2, -0.15) is 0 Å². The van der Waals surface area contributed by atoms with Crippen molar-refractivity contribution in [3.05, 3.63) is 69.6 Å². The van der Waals surface area contributed by atoms with Gasteiger partial charge >= 0.3 is 11.8 Å². The zero-order chi connectivity index (χ0) is 49.6. The molecule has 6 rings (SSSR count). The highest BCUT2D eigenvalue weighted by Gasteiger charge is 2.50. The molecule has 0 saturated heterocycles. The molecule has 0 radical (unpaired) electrons. The van der Waals surface area contributed by atoms with E-state index in [-0.39, 0.29) is 85.4 Å². The minimum absolute atomic E-state index is 0.0112. The molecule has 0 fully saturated rings. The molecule has 0 spiro atoms. The number of ether oxygens (including phenoxy) is 5. The molecule has 4 aliphatic rings. The number of methoxy groups -OCH3 is 1. The number of benzene rings is 3. The summed E-state index contributed by atoms with van der Waals surface area (Å²) < 4.78 is 63.3. The van der Waals surface area contributed by atoms with Gasteiger partial charge in [0.15, 0.2) is 21.2 Å². The summed E-state index contributed by atoms with van der Waals surface area (Å²) in [7, 11) is 1.10. The molecule has 67 heavy (non-hydrogen) atoms. The SMILES string of the molecule is CO[C@H]1/C=C/O[C@@]2(C)Oc3c(C)c(O)c4c(=O)c(c5oc6cc(OCCN(C)C)cc(S(C)(=O)=O)c6nc-5c4c3C2=O)NC(=O)/C(C)=C\C=C\[C@H](C)[C@H](O)[C@@H](C)[C@@H](C)[C@@H](C)[C@H](OC(C)=O)[C@@H]1C. The number of carbonyl (C=O) groups excluding carboxylic acids is 3. The molecule has 3 aliphatic heterocycles. The monoisotopic (exact) mass is 947 g/mol. The molecule has 4 bridgehead atoms. The summed E-state index contributed by atoms with van der Waals surface area (Å²) in [5.41, 5.74) is -2.08. The normalized spacial score (nSPS) is 28.3. The van der Waals surface area contributed by atoms with Gasteiger partial charge < -0.3 is 48.5 Å². The molecule has 0 saturated carbocycles. The van der Waals surface area contributed by atoms with Gasteiger partial charge in [-0.05, 0) is 51.8 Å². The summed E-state index contributed by atoms with van der Waals surface area (Å²) in [5, 5.41) is 25.4. The fraction of sp³-hybridized carbons (Fsp3) is 0.490. The maximum atomic E-state index is 14.9. The number of allylic oxidation sites excluding steroid dienone is 2. The van der Waals surface area contributed by atoms with Crippen LogP contribution >= 0.6 is 0 Å². The second-order valence-corrected chi connectivity index (χ2v) is 20.3. The number of likely N-dealkylation sites (N-methyl/N-ethyl adjacent to an activating group) is 1. The number of ketones is 1. The van der Waals surface area contributed by atoms with E-state index in [2.05, 4.69) is 5.32 Å². The number of nitrogens with one attached hydrogen (secondary N) is 1. The second kappa shape index (κ2) is 19.4. The number of sulfone groups is 1. The summed E-state index contributed by atoms with van der Waals surface area (Å²) in [6.45, 7) is 15.8. The van der Waals surface area contributed by atoms with Crippen LogP contribution in [0.5, 0.6) is 17.2 Å². The third-order valence-electron chi connectivity index (χ3n) is 13.2. The first-order valence-corrected chi connectivity index (χ1v) is 24.0. The van der Waals surface area contributed by atoms with Crippen molar-refractivity contribution in [3.8, 4) is 28.7 Å². The number of nitrogens with zero attached hydrogens (tertiary/aromatic N) is 2. The first-order valence-electron chi connectivity index (χ1n) is 22.1. The van der Waals surface area contributed by atoms with E-state index in [1.54, 1.807) is 18.2 Å². The average Bonchev–Trinajstić information content (AvgIpc) is 3.53. The molecular formula is C49H61N3O14S. The van der Waals surface area contributed by atoms with E-state index in [4.69, 9.17) is 33.1 Å². The number of aliphatic hydroxyl groups excluding tert-OH is 1. The predicted octanol–water partition coefficient (Wildman–Crippen LogP) is 6.57. The van der Waals surface area contributed by atoms with Crippen molar-refractivity contribution in [2.24, 2.45) is 29.6 Å². The van der Waals surface area contributed by atoms with E-state index in [0.29, 0.717) is 6.54 Å². The summed E-state index contributed by atoms with van der Waals surface area (Å²) in [6.07, 6.45) is 6.32. The van der Waals surface area contributed by atoms with Gasteiger partial charge in [0.05, 0.1) is 34.3 Å². The van der Waals surface area contributed by atoms with Gasteiger partial charge in [0.1, 0.15) is 46.9 Å². The fourth-order valence-corrected chi connectivity index (χ4v) is 9.61. The molecule has 3 heterocycles. The van der Waals surface area contributed by atoms with Crippen LogP contribution in [0.25, 0.3) is 33.3 Å². The van der Waals surface area contributed by atoms with Crippen LogP contribution in [0.3, 0.4) is 0 Å². The molecule has 2 aromatic carbocycles. The van der Waals surface area contributed by atoms with Crippen LogP contribution < -0.4 is 20.2 Å². The van der Waals surface area contributed by atoms with Crippen LogP contribution in [0.2, 0.25) is 0 Å². The van der Waals surface area contributed by atoms with Crippen molar-refractivity contribution in [2.45, 2.75) is 91.3 Å². The van der Waals surface area contributed by atoms with E-state index in [9.17, 15) is 37.8 Å². The number of amides is 1. The van der Waals surface area contributed by atoms with Crippen molar-refractivity contribution in [1.82, 2.24) is 9.88 Å². The van der Waals surface area contributed by atoms with Gasteiger partial charge in [0, 0.05) is 74.2 Å². The Morgan fingerprint density at radius 1 is 1.00 bits per heavy atom. The van der Waals surface area contributed by atoms with E-state index < -0.39 is 85.7 Å². The Morgan fingerprint density at radius 3 is 2.31 bits per heavy atom. The molecule has 2 aromatic rings. The summed E-state index contributed by atoms with van der Waals surface area (Å²) in [6, 6.07) is 2.70. The predicted molar refractivity (Wildman–Crippen MR) is 251 cm³/mol. The zero-order valence-corrected chi connectivity index (χ0v) is 41.0. The Hall–Kier alpha value is -5.82. The van der Waals surface area contributed by atoms with Crippen LogP contribution in [0.4, 0.5) is 5.69 Å². The number of aliphatic hydroxyl groups is 1. The van der Waals surface area contributed by atoms with Gasteiger partial charge in [-0.15, -0.1) is 0 Å². The Morgan fingerprint density at radius 2 is 1.69 bits per heavy atom. The number of carbonyl (C=O) groups is 3. The molecule has 3 N–H and O–H groups in total. The van der Waals surface area contributed by atoms with Crippen LogP contribution in [-0.4, -0.2) is 111 Å². The smallest absolute Gasteiger partial charge is 0.312 e. The van der Waals surface area contributed by atoms with Crippen LogP contribution in [0.1, 0.15) is 71.3 Å². The number of Topliss-reactive ketones (excluding diaryl/α,β-unsaturated/α-hetero) is 1. The molecule has 0 aromatic heterocycles. The minimum Gasteiger partial charge on any atom is -0.507 e. The maximum absolute atomic E-state index is 14.9. The second-order valence-electron chi connectivity index (χ2n) is 18.3. The first-order chi connectivity index (χ1) is 31.3. The summed E-state index contributed by atoms with van der Waals surface area (Å²) >= 11 is 0. The van der Waals surface area contributed by atoms with Crippen molar-refractivity contribution in [2.75, 3.05) is 45.9 Å². The van der Waals surface area contributed by atoms with E-state index in [0.717, 1.165) is 6.26 Å². The van der Waals surface area contributed by atoms with Crippen LogP contribution in [0, 0.1) is 36.5 Å². The zero-order valence-electron chi connectivity index (χ0n) is 40.2. The third kappa shape index (κ3) is 9.80. The molecule has 17 nitrogen and oxygen atoms in total. The summed E-state index contributed by atoms with van der Waals surface area (Å²) in [4.78, 5) is 62.6. The van der Waals surface area contributed by atoms with Gasteiger partial charge in [-0.25, -0.2) is 13.4 Å². The van der Waals surface area contributed by atoms with Gasteiger partial charge in [0.25, 0.3) is 11.7 Å².